The second kappa shape index (κ2) is 6.23. The van der Waals surface area contributed by atoms with Gasteiger partial charge in [0.15, 0.2) is 0 Å². The fraction of sp³-hybridized carbons (Fsp3) is 0.467. The van der Waals surface area contributed by atoms with Gasteiger partial charge in [0, 0.05) is 11.1 Å². The van der Waals surface area contributed by atoms with Crippen molar-refractivity contribution >= 4 is 11.6 Å². The van der Waals surface area contributed by atoms with Crippen LogP contribution >= 0.6 is 11.6 Å². The van der Waals surface area contributed by atoms with Crippen LogP contribution in [0.4, 0.5) is 0 Å². The van der Waals surface area contributed by atoms with E-state index in [0.29, 0.717) is 0 Å². The molecule has 2 heteroatoms. The van der Waals surface area contributed by atoms with Crippen LogP contribution in [0.5, 0.6) is 0 Å². The average Bonchev–Trinajstić information content (AvgIpc) is 3.09. The molecule has 1 saturated carbocycles. The Morgan fingerprint density at radius 2 is 2.18 bits per heavy atom. The number of nitrogens with one attached hydrogen (secondary N) is 1. The summed E-state index contributed by atoms with van der Waals surface area (Å²) in [5.74, 6) is 0. The largest absolute Gasteiger partial charge is 0.314 e. The van der Waals surface area contributed by atoms with Crippen LogP contribution in [0.2, 0.25) is 5.02 Å². The molecule has 1 aromatic carbocycles. The van der Waals surface area contributed by atoms with Crippen LogP contribution in [0.15, 0.2) is 30.4 Å². The highest BCUT2D eigenvalue weighted by Gasteiger charge is 2.19. The Balaban J connectivity index is 1.70. The van der Waals surface area contributed by atoms with Crippen molar-refractivity contribution in [3.05, 3.63) is 46.5 Å². The Morgan fingerprint density at radius 3 is 2.88 bits per heavy atom. The van der Waals surface area contributed by atoms with Crippen LogP contribution in [-0.4, -0.2) is 12.6 Å². The molecule has 0 atom stereocenters. The third-order valence-corrected chi connectivity index (χ3v) is 3.39. The molecule has 0 saturated heterocycles. The maximum atomic E-state index is 6.17. The minimum atomic E-state index is 0.815. The lowest BCUT2D eigenvalue weighted by Crippen LogP contribution is -2.16. The summed E-state index contributed by atoms with van der Waals surface area (Å²) >= 11 is 6.17. The lowest BCUT2D eigenvalue weighted by atomic mass is 10.1. The van der Waals surface area contributed by atoms with Crippen molar-refractivity contribution in [3.63, 3.8) is 0 Å². The van der Waals surface area contributed by atoms with Crippen molar-refractivity contribution in [2.24, 2.45) is 0 Å². The first-order chi connectivity index (χ1) is 8.25. The SMILES string of the molecule is Cc1ccc(C/C=C/CCNC2CC2)c(Cl)c1. The predicted molar refractivity (Wildman–Crippen MR) is 74.7 cm³/mol. The van der Waals surface area contributed by atoms with E-state index in [1.165, 1.54) is 24.0 Å². The summed E-state index contributed by atoms with van der Waals surface area (Å²) in [5.41, 5.74) is 2.43. The monoisotopic (exact) mass is 249 g/mol. The number of rotatable bonds is 6. The number of halogens is 1. The number of allylic oxidation sites excluding steroid dienone is 1. The first kappa shape index (κ1) is 12.7. The van der Waals surface area contributed by atoms with Crippen molar-refractivity contribution in [1.82, 2.24) is 5.32 Å². The molecular weight excluding hydrogens is 230 g/mol. The molecule has 0 amide bonds. The second-order valence-electron chi connectivity index (χ2n) is 4.79. The lowest BCUT2D eigenvalue weighted by Gasteiger charge is -2.02. The first-order valence-corrected chi connectivity index (χ1v) is 6.77. The highest BCUT2D eigenvalue weighted by atomic mass is 35.5. The molecule has 0 spiro atoms. The molecule has 1 aromatic rings. The zero-order chi connectivity index (χ0) is 12.1. The van der Waals surface area contributed by atoms with E-state index in [2.05, 4.69) is 36.5 Å². The molecule has 0 unspecified atom stereocenters. The minimum Gasteiger partial charge on any atom is -0.314 e. The molecule has 1 aliphatic carbocycles. The van der Waals surface area contributed by atoms with Crippen molar-refractivity contribution in [3.8, 4) is 0 Å². The fourth-order valence-electron chi connectivity index (χ4n) is 1.80. The molecule has 17 heavy (non-hydrogen) atoms. The van der Waals surface area contributed by atoms with E-state index >= 15 is 0 Å². The van der Waals surface area contributed by atoms with E-state index in [0.717, 1.165) is 30.5 Å². The quantitative estimate of drug-likeness (QED) is 0.596. The van der Waals surface area contributed by atoms with E-state index in [-0.39, 0.29) is 0 Å². The van der Waals surface area contributed by atoms with Crippen molar-refractivity contribution in [1.29, 1.82) is 0 Å². The second-order valence-corrected chi connectivity index (χ2v) is 5.19. The van der Waals surface area contributed by atoms with Crippen LogP contribution in [0, 0.1) is 6.92 Å². The van der Waals surface area contributed by atoms with Crippen molar-refractivity contribution < 1.29 is 0 Å². The lowest BCUT2D eigenvalue weighted by molar-refractivity contribution is 0.690. The normalized spacial score (nSPS) is 15.6. The van der Waals surface area contributed by atoms with Crippen LogP contribution in [0.1, 0.15) is 30.4 Å². The standard InChI is InChI=1S/C15H20ClN/c1-12-6-7-13(15(16)11-12)5-3-2-4-10-17-14-8-9-14/h2-3,6-7,11,14,17H,4-5,8-10H2,1H3/b3-2+. The third kappa shape index (κ3) is 4.53. The Bertz CT molecular complexity index is 394. The molecule has 0 heterocycles. The van der Waals surface area contributed by atoms with Gasteiger partial charge in [-0.15, -0.1) is 0 Å². The number of aryl methyl sites for hydroxylation is 1. The number of hydrogen-bond donors (Lipinski definition) is 1. The summed E-state index contributed by atoms with van der Waals surface area (Å²) in [7, 11) is 0. The zero-order valence-corrected chi connectivity index (χ0v) is 11.1. The highest BCUT2D eigenvalue weighted by Crippen LogP contribution is 2.19. The molecular formula is C15H20ClN. The van der Waals surface area contributed by atoms with Gasteiger partial charge in [-0.3, -0.25) is 0 Å². The molecule has 1 nitrogen and oxygen atoms in total. The third-order valence-electron chi connectivity index (χ3n) is 3.03. The van der Waals surface area contributed by atoms with Crippen LogP contribution in [0.3, 0.4) is 0 Å². The van der Waals surface area contributed by atoms with Gasteiger partial charge in [0.1, 0.15) is 0 Å². The van der Waals surface area contributed by atoms with Crippen LogP contribution in [-0.2, 0) is 6.42 Å². The van der Waals surface area contributed by atoms with Gasteiger partial charge in [0.2, 0.25) is 0 Å². The molecule has 1 fully saturated rings. The average molecular weight is 250 g/mol. The van der Waals surface area contributed by atoms with Gasteiger partial charge < -0.3 is 5.32 Å². The van der Waals surface area contributed by atoms with Gasteiger partial charge in [-0.05, 0) is 56.3 Å². The Labute approximate surface area is 109 Å². The molecule has 0 radical (unpaired) electrons. The van der Waals surface area contributed by atoms with Crippen molar-refractivity contribution in [2.75, 3.05) is 6.54 Å². The first-order valence-electron chi connectivity index (χ1n) is 6.39. The number of benzene rings is 1. The van der Waals surface area contributed by atoms with Crippen molar-refractivity contribution in [2.45, 2.75) is 38.6 Å². The van der Waals surface area contributed by atoms with Gasteiger partial charge in [0.25, 0.3) is 0 Å². The summed E-state index contributed by atoms with van der Waals surface area (Å²) in [6, 6.07) is 7.07. The number of hydrogen-bond acceptors (Lipinski definition) is 1. The molecule has 1 N–H and O–H groups in total. The maximum Gasteiger partial charge on any atom is 0.0443 e. The zero-order valence-electron chi connectivity index (χ0n) is 10.4. The van der Waals surface area contributed by atoms with Gasteiger partial charge in [-0.25, -0.2) is 0 Å². The smallest absolute Gasteiger partial charge is 0.0443 e. The van der Waals surface area contributed by atoms with E-state index in [9.17, 15) is 0 Å². The molecule has 0 aromatic heterocycles. The molecule has 2 rings (SSSR count). The molecule has 0 aliphatic heterocycles. The van der Waals surface area contributed by atoms with Crippen LogP contribution in [0.25, 0.3) is 0 Å². The molecule has 1 aliphatic rings. The summed E-state index contributed by atoms with van der Waals surface area (Å²) in [5, 5.41) is 4.38. The Kier molecular flexibility index (Phi) is 4.64. The molecule has 0 bridgehead atoms. The van der Waals surface area contributed by atoms with E-state index in [1.54, 1.807) is 0 Å². The highest BCUT2D eigenvalue weighted by molar-refractivity contribution is 6.31. The van der Waals surface area contributed by atoms with Gasteiger partial charge in [0.05, 0.1) is 0 Å². The summed E-state index contributed by atoms with van der Waals surface area (Å²) in [6.45, 7) is 3.16. The van der Waals surface area contributed by atoms with E-state index in [4.69, 9.17) is 11.6 Å². The summed E-state index contributed by atoms with van der Waals surface area (Å²) in [6.07, 6.45) is 9.23. The van der Waals surface area contributed by atoms with E-state index in [1.807, 2.05) is 6.07 Å². The van der Waals surface area contributed by atoms with Crippen LogP contribution < -0.4 is 5.32 Å². The Hall–Kier alpha value is -0.790. The summed E-state index contributed by atoms with van der Waals surface area (Å²) < 4.78 is 0. The van der Waals surface area contributed by atoms with E-state index < -0.39 is 0 Å². The van der Waals surface area contributed by atoms with Gasteiger partial charge in [-0.1, -0.05) is 35.9 Å². The predicted octanol–water partition coefficient (Wildman–Crippen LogP) is 3.89. The topological polar surface area (TPSA) is 12.0 Å². The Morgan fingerprint density at radius 1 is 1.35 bits per heavy atom. The van der Waals surface area contributed by atoms with Gasteiger partial charge >= 0.3 is 0 Å². The fourth-order valence-corrected chi connectivity index (χ4v) is 2.12. The van der Waals surface area contributed by atoms with Gasteiger partial charge in [-0.2, -0.15) is 0 Å². The maximum absolute atomic E-state index is 6.17. The minimum absolute atomic E-state index is 0.815. The molecule has 92 valence electrons. The summed E-state index contributed by atoms with van der Waals surface area (Å²) in [4.78, 5) is 0.